The molecule has 2 rings (SSSR count). The van der Waals surface area contributed by atoms with Crippen LogP contribution >= 0.6 is 38.9 Å². The van der Waals surface area contributed by atoms with E-state index in [4.69, 9.17) is 16.7 Å². The molecule has 0 unspecified atom stereocenters. The van der Waals surface area contributed by atoms with Gasteiger partial charge in [0.05, 0.1) is 16.7 Å². The maximum atomic E-state index is 13.7. The summed E-state index contributed by atoms with van der Waals surface area (Å²) in [5, 5.41) is 11.9. The molecule has 2 N–H and O–H groups in total. The van der Waals surface area contributed by atoms with Crippen molar-refractivity contribution >= 4 is 50.5 Å². The first-order valence-corrected chi connectivity index (χ1v) is 7.03. The Balaban J connectivity index is 2.25. The predicted molar refractivity (Wildman–Crippen MR) is 75.5 cm³/mol. The molecule has 1 aromatic carbocycles. The molecular formula is C11H7BrClFN2O2S. The Kier molecular flexibility index (Phi) is 4.38. The highest BCUT2D eigenvalue weighted by Gasteiger charge is 2.18. The van der Waals surface area contributed by atoms with Gasteiger partial charge in [0.2, 0.25) is 0 Å². The summed E-state index contributed by atoms with van der Waals surface area (Å²) in [5.41, 5.74) is -0.192. The number of carboxylic acids is 1. The molecule has 0 atom stereocenters. The third kappa shape index (κ3) is 3.23. The van der Waals surface area contributed by atoms with Crippen molar-refractivity contribution in [2.75, 3.05) is 5.32 Å². The number of halogens is 3. The normalized spacial score (nSPS) is 10.5. The Morgan fingerprint density at radius 2 is 2.32 bits per heavy atom. The first-order chi connectivity index (χ1) is 8.99. The van der Waals surface area contributed by atoms with Gasteiger partial charge in [0.1, 0.15) is 5.56 Å². The van der Waals surface area contributed by atoms with Gasteiger partial charge in [-0.25, -0.2) is 14.2 Å². The molecule has 1 aromatic heterocycles. The molecule has 19 heavy (non-hydrogen) atoms. The summed E-state index contributed by atoms with van der Waals surface area (Å²) in [5.74, 6) is -2.14. The molecule has 0 amide bonds. The van der Waals surface area contributed by atoms with Crippen molar-refractivity contribution in [3.63, 3.8) is 0 Å². The number of nitrogens with zero attached hydrogens (tertiary/aromatic N) is 1. The van der Waals surface area contributed by atoms with E-state index in [9.17, 15) is 9.18 Å². The number of nitrogens with one attached hydrogen (secondary N) is 1. The topological polar surface area (TPSA) is 62.2 Å². The standard InChI is InChI=1S/C11H7BrClFN2O2S/c12-6-1-2-7(8(9(6)14)10(17)18)15-3-5-4-16-11(13)19-5/h1-2,4,15H,3H2,(H,17,18). The number of rotatable bonds is 4. The number of aromatic carboxylic acids is 1. The van der Waals surface area contributed by atoms with Crippen LogP contribution in [-0.4, -0.2) is 16.1 Å². The summed E-state index contributed by atoms with van der Waals surface area (Å²) in [7, 11) is 0. The Hall–Kier alpha value is -1.18. The van der Waals surface area contributed by atoms with Crippen LogP contribution in [0.3, 0.4) is 0 Å². The van der Waals surface area contributed by atoms with E-state index in [1.54, 1.807) is 6.20 Å². The molecule has 0 aliphatic carbocycles. The van der Waals surface area contributed by atoms with Crippen molar-refractivity contribution in [3.8, 4) is 0 Å². The van der Waals surface area contributed by atoms with Crippen LogP contribution in [0.25, 0.3) is 0 Å². The number of aromatic nitrogens is 1. The minimum atomic E-state index is -1.33. The third-order valence-corrected chi connectivity index (χ3v) is 4.01. The second-order valence-corrected chi connectivity index (χ2v) is 6.07. The minimum Gasteiger partial charge on any atom is -0.478 e. The average molecular weight is 366 g/mol. The van der Waals surface area contributed by atoms with E-state index in [2.05, 4.69) is 26.2 Å². The summed E-state index contributed by atoms with van der Waals surface area (Å²) < 4.78 is 14.3. The molecule has 0 fully saturated rings. The largest absolute Gasteiger partial charge is 0.478 e. The average Bonchev–Trinajstić information content (AvgIpc) is 2.76. The lowest BCUT2D eigenvalue weighted by Crippen LogP contribution is -2.08. The lowest BCUT2D eigenvalue weighted by atomic mass is 10.1. The Bertz CT molecular complexity index is 635. The van der Waals surface area contributed by atoms with Crippen LogP contribution in [-0.2, 0) is 6.54 Å². The molecular weight excluding hydrogens is 359 g/mol. The van der Waals surface area contributed by atoms with Crippen LogP contribution in [0.15, 0.2) is 22.8 Å². The highest BCUT2D eigenvalue weighted by molar-refractivity contribution is 9.10. The quantitative estimate of drug-likeness (QED) is 0.859. The molecule has 0 spiro atoms. The highest BCUT2D eigenvalue weighted by Crippen LogP contribution is 2.27. The molecule has 2 aromatic rings. The van der Waals surface area contributed by atoms with Gasteiger partial charge >= 0.3 is 5.97 Å². The first kappa shape index (κ1) is 14.2. The van der Waals surface area contributed by atoms with Gasteiger partial charge < -0.3 is 10.4 Å². The van der Waals surface area contributed by atoms with Crippen LogP contribution in [0, 0.1) is 5.82 Å². The summed E-state index contributed by atoms with van der Waals surface area (Å²) in [6, 6.07) is 2.95. The Morgan fingerprint density at radius 1 is 1.58 bits per heavy atom. The molecule has 1 heterocycles. The van der Waals surface area contributed by atoms with E-state index >= 15 is 0 Å². The zero-order chi connectivity index (χ0) is 14.0. The number of hydrogen-bond acceptors (Lipinski definition) is 4. The van der Waals surface area contributed by atoms with Gasteiger partial charge in [0.25, 0.3) is 0 Å². The molecule has 0 saturated carbocycles. The van der Waals surface area contributed by atoms with Gasteiger partial charge in [-0.15, -0.1) is 11.3 Å². The molecule has 0 saturated heterocycles. The molecule has 0 bridgehead atoms. The molecule has 0 radical (unpaired) electrons. The molecule has 0 aliphatic rings. The van der Waals surface area contributed by atoms with Crippen LogP contribution in [0.2, 0.25) is 4.47 Å². The lowest BCUT2D eigenvalue weighted by Gasteiger charge is -2.10. The number of carbonyl (C=O) groups is 1. The van der Waals surface area contributed by atoms with E-state index < -0.39 is 17.3 Å². The smallest absolute Gasteiger partial charge is 0.340 e. The zero-order valence-corrected chi connectivity index (χ0v) is 12.4. The molecule has 4 nitrogen and oxygen atoms in total. The third-order valence-electron chi connectivity index (χ3n) is 2.29. The van der Waals surface area contributed by atoms with Crippen molar-refractivity contribution < 1.29 is 14.3 Å². The number of benzene rings is 1. The Labute approximate surface area is 125 Å². The fraction of sp³-hybridized carbons (Fsp3) is 0.0909. The van der Waals surface area contributed by atoms with Crippen LogP contribution in [0.5, 0.6) is 0 Å². The second-order valence-electron chi connectivity index (χ2n) is 3.52. The van der Waals surface area contributed by atoms with E-state index in [1.165, 1.54) is 23.5 Å². The fourth-order valence-corrected chi connectivity index (χ4v) is 2.70. The van der Waals surface area contributed by atoms with Gasteiger partial charge in [0.15, 0.2) is 10.3 Å². The van der Waals surface area contributed by atoms with Crippen molar-refractivity contribution in [1.82, 2.24) is 4.98 Å². The fourth-order valence-electron chi connectivity index (χ4n) is 1.45. The number of anilines is 1. The number of carboxylic acid groups (broad SMARTS) is 1. The van der Waals surface area contributed by atoms with Gasteiger partial charge in [-0.05, 0) is 28.1 Å². The van der Waals surface area contributed by atoms with Crippen molar-refractivity contribution in [1.29, 1.82) is 0 Å². The number of hydrogen-bond donors (Lipinski definition) is 2. The van der Waals surface area contributed by atoms with Gasteiger partial charge in [-0.2, -0.15) is 0 Å². The van der Waals surface area contributed by atoms with Crippen LogP contribution in [0.1, 0.15) is 15.2 Å². The van der Waals surface area contributed by atoms with Crippen molar-refractivity contribution in [2.24, 2.45) is 0 Å². The Morgan fingerprint density at radius 3 is 2.89 bits per heavy atom. The van der Waals surface area contributed by atoms with Gasteiger partial charge in [0, 0.05) is 11.1 Å². The number of thiazole rings is 1. The summed E-state index contributed by atoms with van der Waals surface area (Å²) in [6.07, 6.45) is 1.58. The SMILES string of the molecule is O=C(O)c1c(NCc2cnc(Cl)s2)ccc(Br)c1F. The van der Waals surface area contributed by atoms with Crippen molar-refractivity contribution in [2.45, 2.75) is 6.54 Å². The predicted octanol–water partition coefficient (Wildman–Crippen LogP) is 4.01. The highest BCUT2D eigenvalue weighted by atomic mass is 79.9. The molecule has 0 aliphatic heterocycles. The summed E-state index contributed by atoms with van der Waals surface area (Å²) in [4.78, 5) is 15.8. The summed E-state index contributed by atoms with van der Waals surface area (Å²) >= 11 is 9.92. The first-order valence-electron chi connectivity index (χ1n) is 5.04. The zero-order valence-electron chi connectivity index (χ0n) is 9.28. The van der Waals surface area contributed by atoms with E-state index in [0.29, 0.717) is 11.0 Å². The monoisotopic (exact) mass is 364 g/mol. The lowest BCUT2D eigenvalue weighted by molar-refractivity contribution is 0.0693. The van der Waals surface area contributed by atoms with Crippen molar-refractivity contribution in [3.05, 3.63) is 43.5 Å². The van der Waals surface area contributed by atoms with Gasteiger partial charge in [-0.3, -0.25) is 0 Å². The summed E-state index contributed by atoms with van der Waals surface area (Å²) in [6.45, 7) is 0.325. The minimum absolute atomic E-state index is 0.108. The van der Waals surface area contributed by atoms with E-state index in [1.807, 2.05) is 0 Å². The second kappa shape index (κ2) is 5.85. The van der Waals surface area contributed by atoms with E-state index in [0.717, 1.165) is 4.88 Å². The maximum Gasteiger partial charge on any atom is 0.340 e. The molecule has 8 heteroatoms. The van der Waals surface area contributed by atoms with Gasteiger partial charge in [-0.1, -0.05) is 11.6 Å². The molecule has 100 valence electrons. The maximum absolute atomic E-state index is 13.7. The van der Waals surface area contributed by atoms with Crippen LogP contribution in [0.4, 0.5) is 10.1 Å². The van der Waals surface area contributed by atoms with E-state index in [-0.39, 0.29) is 10.2 Å². The van der Waals surface area contributed by atoms with Crippen LogP contribution < -0.4 is 5.32 Å².